The van der Waals surface area contributed by atoms with Gasteiger partial charge in [-0.15, -0.1) is 0 Å². The molecule has 29 heavy (non-hydrogen) atoms. The Labute approximate surface area is 182 Å². The van der Waals surface area contributed by atoms with Crippen LogP contribution >= 0.6 is 17.0 Å². The molecule has 0 radical (unpaired) electrons. The van der Waals surface area contributed by atoms with Gasteiger partial charge in [-0.3, -0.25) is 0 Å². The maximum absolute atomic E-state index is 7.57. The molecule has 0 N–H and O–H groups in total. The quantitative estimate of drug-likeness (QED) is 0.277. The zero-order chi connectivity index (χ0) is 19.8. The molecule has 1 aliphatic carbocycles. The summed E-state index contributed by atoms with van der Waals surface area (Å²) in [6.45, 7) is 0. The summed E-state index contributed by atoms with van der Waals surface area (Å²) < 4.78 is 1.19. The fraction of sp³-hybridized carbons (Fsp3) is 0.0385. The van der Waals surface area contributed by atoms with E-state index >= 15 is 0 Å². The first kappa shape index (κ1) is 19.2. The van der Waals surface area contributed by atoms with Gasteiger partial charge in [-0.1, -0.05) is 0 Å². The van der Waals surface area contributed by atoms with Gasteiger partial charge in [0, 0.05) is 0 Å². The molecule has 0 heterocycles. The normalized spacial score (nSPS) is 13.0. The molecule has 4 aromatic rings. The van der Waals surface area contributed by atoms with Crippen molar-refractivity contribution >= 4 is 20.2 Å². The molecular formula is C26H19Cl2Zr. The van der Waals surface area contributed by atoms with Crippen LogP contribution in [0, 0.1) is 0 Å². The number of benzene rings is 4. The van der Waals surface area contributed by atoms with Crippen LogP contribution in [-0.2, 0) is 17.4 Å². The van der Waals surface area contributed by atoms with Crippen molar-refractivity contribution in [3.63, 3.8) is 0 Å². The van der Waals surface area contributed by atoms with Gasteiger partial charge in [0.15, 0.2) is 0 Å². The van der Waals surface area contributed by atoms with E-state index in [0.717, 1.165) is 14.3 Å². The third-order valence-corrected chi connectivity index (χ3v) is 16.8. The topological polar surface area (TPSA) is 0 Å². The molecule has 141 valence electrons. The van der Waals surface area contributed by atoms with Crippen LogP contribution in [0.5, 0.6) is 0 Å². The van der Waals surface area contributed by atoms with E-state index in [1.54, 1.807) is 0 Å². The van der Waals surface area contributed by atoms with Crippen molar-refractivity contribution in [1.82, 2.24) is 0 Å². The second-order valence-electron chi connectivity index (χ2n) is 7.34. The van der Waals surface area contributed by atoms with Crippen LogP contribution < -0.4 is 0 Å². The van der Waals surface area contributed by atoms with E-state index in [0.29, 0.717) is 0 Å². The van der Waals surface area contributed by atoms with Crippen LogP contribution in [0.15, 0.2) is 109 Å². The SMILES string of the molecule is [Cl][Zr]([Cl])(=[C](c1ccccc1)c1ccccc1)[CH]1c2ccccc2-c2ccccc21. The monoisotopic (exact) mass is 491 g/mol. The molecule has 0 atom stereocenters. The third-order valence-electron chi connectivity index (χ3n) is 5.65. The second kappa shape index (κ2) is 7.80. The van der Waals surface area contributed by atoms with E-state index in [9.17, 15) is 0 Å². The predicted octanol–water partition coefficient (Wildman–Crippen LogP) is 7.49. The summed E-state index contributed by atoms with van der Waals surface area (Å²) in [5, 5.41) is 0. The molecule has 5 rings (SSSR count). The molecule has 0 aliphatic heterocycles. The zero-order valence-corrected chi connectivity index (χ0v) is 19.7. The third kappa shape index (κ3) is 3.30. The number of fused-ring (bicyclic) bond motifs is 3. The first-order valence-corrected chi connectivity index (χ1v) is 18.7. The van der Waals surface area contributed by atoms with Crippen molar-refractivity contribution in [3.8, 4) is 11.1 Å². The first-order chi connectivity index (χ1) is 14.2. The van der Waals surface area contributed by atoms with Crippen molar-refractivity contribution in [2.45, 2.75) is 3.63 Å². The van der Waals surface area contributed by atoms with Gasteiger partial charge in [-0.25, -0.2) is 0 Å². The van der Waals surface area contributed by atoms with Gasteiger partial charge in [-0.05, 0) is 0 Å². The summed E-state index contributed by atoms with van der Waals surface area (Å²) in [4.78, 5) is 0. The molecule has 0 saturated carbocycles. The van der Waals surface area contributed by atoms with Crippen molar-refractivity contribution in [2.75, 3.05) is 0 Å². The minimum atomic E-state index is -3.98. The summed E-state index contributed by atoms with van der Waals surface area (Å²) in [5.74, 6) is 0. The summed E-state index contributed by atoms with van der Waals surface area (Å²) in [6.07, 6.45) is 0. The Hall–Kier alpha value is -1.79. The zero-order valence-electron chi connectivity index (χ0n) is 15.7. The fourth-order valence-electron chi connectivity index (χ4n) is 4.45. The van der Waals surface area contributed by atoms with Crippen molar-refractivity contribution in [2.24, 2.45) is 0 Å². The average Bonchev–Trinajstić information content (AvgIpc) is 3.11. The molecule has 3 heteroatoms. The molecular weight excluding hydrogens is 474 g/mol. The number of rotatable bonds is 3. The summed E-state index contributed by atoms with van der Waals surface area (Å²) >= 11 is -3.98. The van der Waals surface area contributed by atoms with Gasteiger partial charge in [-0.2, -0.15) is 0 Å². The standard InChI is InChI=1S/C13H9.C13H10.2ClH.Zr/c1-3-7-12-10(5-1)9-11-6-2-4-8-13(11)12;1-3-7-12(8-4-1)11-13-9-5-2-6-10-13;;;/h1-9H;1-10H;2*1H;/q;;;;+2/p-2. The average molecular weight is 494 g/mol. The van der Waals surface area contributed by atoms with Crippen LogP contribution in [-0.4, -0.2) is 3.21 Å². The predicted molar refractivity (Wildman–Crippen MR) is 122 cm³/mol. The second-order valence-corrected chi connectivity index (χ2v) is 21.2. The molecule has 0 amide bonds. The van der Waals surface area contributed by atoms with Gasteiger partial charge in [0.2, 0.25) is 0 Å². The van der Waals surface area contributed by atoms with Gasteiger partial charge in [0.25, 0.3) is 0 Å². The Morgan fingerprint density at radius 2 is 0.897 bits per heavy atom. The first-order valence-electron chi connectivity index (χ1n) is 9.72. The van der Waals surface area contributed by atoms with Gasteiger partial charge >= 0.3 is 184 Å². The molecule has 0 nitrogen and oxygen atoms in total. The number of halogens is 2. The van der Waals surface area contributed by atoms with E-state index in [4.69, 9.17) is 17.0 Å². The molecule has 0 bridgehead atoms. The van der Waals surface area contributed by atoms with E-state index in [1.165, 1.54) is 22.3 Å². The molecule has 0 aromatic heterocycles. The van der Waals surface area contributed by atoms with Crippen LogP contribution in [0.1, 0.15) is 25.9 Å². The minimum absolute atomic E-state index is 0.0513. The Bertz CT molecular complexity index is 1140. The Kier molecular flexibility index (Phi) is 5.16. The van der Waals surface area contributed by atoms with Gasteiger partial charge < -0.3 is 0 Å². The molecule has 0 spiro atoms. The van der Waals surface area contributed by atoms with Crippen molar-refractivity contribution < 1.29 is 17.4 Å². The van der Waals surface area contributed by atoms with E-state index in [-0.39, 0.29) is 3.63 Å². The van der Waals surface area contributed by atoms with E-state index < -0.39 is 17.4 Å². The molecule has 0 fully saturated rings. The fourth-order valence-corrected chi connectivity index (χ4v) is 16.4. The Morgan fingerprint density at radius 1 is 0.517 bits per heavy atom. The Morgan fingerprint density at radius 3 is 1.34 bits per heavy atom. The van der Waals surface area contributed by atoms with Crippen LogP contribution in [0.4, 0.5) is 0 Å². The van der Waals surface area contributed by atoms with Crippen molar-refractivity contribution in [3.05, 3.63) is 131 Å². The molecule has 1 aliphatic rings. The molecule has 4 aromatic carbocycles. The van der Waals surface area contributed by atoms with Gasteiger partial charge in [0.1, 0.15) is 0 Å². The van der Waals surface area contributed by atoms with Crippen LogP contribution in [0.25, 0.3) is 11.1 Å². The number of hydrogen-bond donors (Lipinski definition) is 0. The van der Waals surface area contributed by atoms with E-state index in [2.05, 4.69) is 97.1 Å². The van der Waals surface area contributed by atoms with Gasteiger partial charge in [0.05, 0.1) is 0 Å². The van der Waals surface area contributed by atoms with Crippen molar-refractivity contribution in [1.29, 1.82) is 0 Å². The Balaban J connectivity index is 1.86. The van der Waals surface area contributed by atoms with Crippen LogP contribution in [0.2, 0.25) is 0 Å². The summed E-state index contributed by atoms with van der Waals surface area (Å²) in [7, 11) is 15.1. The molecule has 0 saturated heterocycles. The van der Waals surface area contributed by atoms with Crippen LogP contribution in [0.3, 0.4) is 0 Å². The summed E-state index contributed by atoms with van der Waals surface area (Å²) in [5.41, 5.74) is 7.30. The molecule has 0 unspecified atom stereocenters. The van der Waals surface area contributed by atoms with E-state index in [1.807, 2.05) is 12.1 Å². The number of hydrogen-bond acceptors (Lipinski definition) is 0. The maximum atomic E-state index is 7.57. The summed E-state index contributed by atoms with van der Waals surface area (Å²) in [6, 6.07) is 38.0.